The molecule has 0 unspecified atom stereocenters. The molecule has 2 aromatic rings. The van der Waals surface area contributed by atoms with Gasteiger partial charge in [-0.25, -0.2) is 0 Å². The second-order valence-electron chi connectivity index (χ2n) is 4.61. The molecule has 1 nitrogen and oxygen atoms in total. The van der Waals surface area contributed by atoms with E-state index < -0.39 is 0 Å². The molecule has 0 saturated carbocycles. The van der Waals surface area contributed by atoms with E-state index in [2.05, 4.69) is 29.6 Å². The van der Waals surface area contributed by atoms with E-state index in [-0.39, 0.29) is 0 Å². The third kappa shape index (κ3) is 2.21. The highest BCUT2D eigenvalue weighted by molar-refractivity contribution is 6.39. The van der Waals surface area contributed by atoms with Crippen LogP contribution in [0.1, 0.15) is 11.1 Å². The van der Waals surface area contributed by atoms with Gasteiger partial charge in [-0.3, -0.25) is 0 Å². The van der Waals surface area contributed by atoms with Crippen LogP contribution in [0.2, 0.25) is 10.0 Å². The number of hydrogen-bond acceptors (Lipinski definition) is 1. The highest BCUT2D eigenvalue weighted by Crippen LogP contribution is 2.32. The van der Waals surface area contributed by atoms with E-state index in [1.165, 1.54) is 11.1 Å². The van der Waals surface area contributed by atoms with Gasteiger partial charge in [0.15, 0.2) is 0 Å². The third-order valence-electron chi connectivity index (χ3n) is 3.36. The molecule has 0 bridgehead atoms. The van der Waals surface area contributed by atoms with Crippen LogP contribution in [-0.4, -0.2) is 6.04 Å². The van der Waals surface area contributed by atoms with Crippen molar-refractivity contribution in [3.8, 4) is 0 Å². The highest BCUT2D eigenvalue weighted by Gasteiger charge is 2.21. The van der Waals surface area contributed by atoms with Gasteiger partial charge in [-0.15, -0.1) is 0 Å². The average Bonchev–Trinajstić information content (AvgIpc) is 2.76. The number of hydrogen-bond donors (Lipinski definition) is 1. The lowest BCUT2D eigenvalue weighted by atomic mass is 10.1. The minimum Gasteiger partial charge on any atom is -0.379 e. The maximum absolute atomic E-state index is 6.17. The molecule has 92 valence electrons. The van der Waals surface area contributed by atoms with E-state index in [9.17, 15) is 0 Å². The van der Waals surface area contributed by atoms with Crippen LogP contribution in [-0.2, 0) is 12.8 Å². The quantitative estimate of drug-likeness (QED) is 0.848. The van der Waals surface area contributed by atoms with Crippen LogP contribution in [0.5, 0.6) is 0 Å². The molecule has 3 rings (SSSR count). The van der Waals surface area contributed by atoms with Crippen LogP contribution in [0, 0.1) is 0 Å². The summed E-state index contributed by atoms with van der Waals surface area (Å²) >= 11 is 12.3. The summed E-state index contributed by atoms with van der Waals surface area (Å²) in [6.45, 7) is 0. The van der Waals surface area contributed by atoms with Gasteiger partial charge in [-0.2, -0.15) is 0 Å². The molecule has 1 N–H and O–H groups in total. The maximum atomic E-state index is 6.17. The Labute approximate surface area is 117 Å². The van der Waals surface area contributed by atoms with E-state index in [0.717, 1.165) is 18.5 Å². The summed E-state index contributed by atoms with van der Waals surface area (Å²) in [5, 5.41) is 4.82. The zero-order chi connectivity index (χ0) is 12.5. The van der Waals surface area contributed by atoms with Gasteiger partial charge in [-0.05, 0) is 36.1 Å². The normalized spacial score (nSPS) is 14.6. The number of nitrogens with one attached hydrogen (secondary N) is 1. The number of anilines is 1. The summed E-state index contributed by atoms with van der Waals surface area (Å²) in [4.78, 5) is 0. The number of para-hydroxylation sites is 1. The monoisotopic (exact) mass is 277 g/mol. The topological polar surface area (TPSA) is 12.0 Å². The molecule has 0 heterocycles. The van der Waals surface area contributed by atoms with Gasteiger partial charge in [0.25, 0.3) is 0 Å². The number of halogens is 2. The highest BCUT2D eigenvalue weighted by atomic mass is 35.5. The Morgan fingerprint density at radius 3 is 1.94 bits per heavy atom. The summed E-state index contributed by atoms with van der Waals surface area (Å²) in [5.74, 6) is 0. The molecule has 0 saturated heterocycles. The number of benzene rings is 2. The van der Waals surface area contributed by atoms with Crippen LogP contribution in [0.25, 0.3) is 0 Å². The molecule has 18 heavy (non-hydrogen) atoms. The Morgan fingerprint density at radius 2 is 1.39 bits per heavy atom. The average molecular weight is 278 g/mol. The SMILES string of the molecule is Clc1cccc(Cl)c1NC1Cc2ccccc2C1. The summed E-state index contributed by atoms with van der Waals surface area (Å²) < 4.78 is 0. The molecule has 0 aliphatic heterocycles. The maximum Gasteiger partial charge on any atom is 0.0721 e. The van der Waals surface area contributed by atoms with Crippen molar-refractivity contribution in [1.82, 2.24) is 0 Å². The van der Waals surface area contributed by atoms with E-state index in [1.807, 2.05) is 18.2 Å². The van der Waals surface area contributed by atoms with Crippen LogP contribution in [0.4, 0.5) is 5.69 Å². The lowest BCUT2D eigenvalue weighted by molar-refractivity contribution is 0.774. The Morgan fingerprint density at radius 1 is 0.833 bits per heavy atom. The molecule has 3 heteroatoms. The van der Waals surface area contributed by atoms with Crippen LogP contribution < -0.4 is 5.32 Å². The summed E-state index contributed by atoms with van der Waals surface area (Å²) in [6, 6.07) is 14.5. The molecule has 0 radical (unpaired) electrons. The van der Waals surface area contributed by atoms with Crippen molar-refractivity contribution in [2.24, 2.45) is 0 Å². The largest absolute Gasteiger partial charge is 0.379 e. The molecular formula is C15H13Cl2N. The Hall–Kier alpha value is -1.18. The van der Waals surface area contributed by atoms with Crippen LogP contribution in [0.15, 0.2) is 42.5 Å². The molecule has 0 fully saturated rings. The molecule has 0 aromatic heterocycles. The first kappa shape index (κ1) is 11.9. The van der Waals surface area contributed by atoms with Gasteiger partial charge in [0.2, 0.25) is 0 Å². The van der Waals surface area contributed by atoms with Crippen molar-refractivity contribution in [3.05, 3.63) is 63.6 Å². The van der Waals surface area contributed by atoms with Crippen LogP contribution in [0.3, 0.4) is 0 Å². The van der Waals surface area contributed by atoms with Crippen molar-refractivity contribution in [1.29, 1.82) is 0 Å². The first-order valence-electron chi connectivity index (χ1n) is 6.01. The molecule has 0 atom stereocenters. The predicted molar refractivity (Wildman–Crippen MR) is 77.7 cm³/mol. The van der Waals surface area contributed by atoms with E-state index in [4.69, 9.17) is 23.2 Å². The van der Waals surface area contributed by atoms with E-state index >= 15 is 0 Å². The van der Waals surface area contributed by atoms with Gasteiger partial charge in [0.1, 0.15) is 0 Å². The fraction of sp³-hybridized carbons (Fsp3) is 0.200. The predicted octanol–water partition coefficient (Wildman–Crippen LogP) is 4.57. The van der Waals surface area contributed by atoms with Gasteiger partial charge < -0.3 is 5.32 Å². The minimum atomic E-state index is 0.375. The Kier molecular flexibility index (Phi) is 3.19. The molecular weight excluding hydrogens is 265 g/mol. The Balaban J connectivity index is 1.80. The number of rotatable bonds is 2. The first-order valence-corrected chi connectivity index (χ1v) is 6.77. The second kappa shape index (κ2) is 4.83. The van der Waals surface area contributed by atoms with E-state index in [1.54, 1.807) is 0 Å². The molecule has 1 aliphatic rings. The van der Waals surface area contributed by atoms with Crippen molar-refractivity contribution in [3.63, 3.8) is 0 Å². The van der Waals surface area contributed by atoms with Crippen LogP contribution >= 0.6 is 23.2 Å². The molecule has 0 amide bonds. The Bertz CT molecular complexity index is 535. The van der Waals surface area contributed by atoms with Crippen molar-refractivity contribution in [2.75, 3.05) is 5.32 Å². The molecule has 2 aromatic carbocycles. The molecule has 0 spiro atoms. The summed E-state index contributed by atoms with van der Waals surface area (Å²) in [5.41, 5.74) is 3.68. The lowest BCUT2D eigenvalue weighted by Gasteiger charge is -2.16. The smallest absolute Gasteiger partial charge is 0.0721 e. The summed E-state index contributed by atoms with van der Waals surface area (Å²) in [6.07, 6.45) is 2.05. The van der Waals surface area contributed by atoms with Gasteiger partial charge in [0.05, 0.1) is 15.7 Å². The van der Waals surface area contributed by atoms with Gasteiger partial charge in [0, 0.05) is 6.04 Å². The van der Waals surface area contributed by atoms with E-state index in [0.29, 0.717) is 16.1 Å². The van der Waals surface area contributed by atoms with Crippen molar-refractivity contribution < 1.29 is 0 Å². The summed E-state index contributed by atoms with van der Waals surface area (Å²) in [7, 11) is 0. The zero-order valence-corrected chi connectivity index (χ0v) is 11.3. The molecule has 1 aliphatic carbocycles. The number of fused-ring (bicyclic) bond motifs is 1. The fourth-order valence-corrected chi connectivity index (χ4v) is 3.01. The first-order chi connectivity index (χ1) is 8.74. The lowest BCUT2D eigenvalue weighted by Crippen LogP contribution is -2.19. The van der Waals surface area contributed by atoms with Gasteiger partial charge in [-0.1, -0.05) is 53.5 Å². The van der Waals surface area contributed by atoms with Crippen molar-refractivity contribution >= 4 is 28.9 Å². The zero-order valence-electron chi connectivity index (χ0n) is 9.79. The van der Waals surface area contributed by atoms with Gasteiger partial charge >= 0.3 is 0 Å². The third-order valence-corrected chi connectivity index (χ3v) is 3.99. The standard InChI is InChI=1S/C15H13Cl2N/c16-13-6-3-7-14(17)15(13)18-12-8-10-4-1-2-5-11(10)9-12/h1-7,12,18H,8-9H2. The second-order valence-corrected chi connectivity index (χ2v) is 5.43. The van der Waals surface area contributed by atoms with Crippen molar-refractivity contribution in [2.45, 2.75) is 18.9 Å². The fourth-order valence-electron chi connectivity index (χ4n) is 2.50. The minimum absolute atomic E-state index is 0.375.